The van der Waals surface area contributed by atoms with Gasteiger partial charge in [-0.1, -0.05) is 30.3 Å². The summed E-state index contributed by atoms with van der Waals surface area (Å²) in [6.45, 7) is 6.89. The van der Waals surface area contributed by atoms with Gasteiger partial charge in [0.15, 0.2) is 4.77 Å². The van der Waals surface area contributed by atoms with Crippen LogP contribution in [-0.4, -0.2) is 58.1 Å². The van der Waals surface area contributed by atoms with Gasteiger partial charge in [-0.05, 0) is 49.0 Å². The van der Waals surface area contributed by atoms with E-state index in [4.69, 9.17) is 12.2 Å². The Bertz CT molecular complexity index is 1170. The maximum Gasteiger partial charge on any atom is 0.243 e. The van der Waals surface area contributed by atoms with E-state index in [1.165, 1.54) is 0 Å². The van der Waals surface area contributed by atoms with Crippen LogP contribution in [0.1, 0.15) is 19.9 Å². The molecule has 0 N–H and O–H groups in total. The van der Waals surface area contributed by atoms with Gasteiger partial charge in [-0.25, -0.2) is 13.1 Å². The van der Waals surface area contributed by atoms with Crippen LogP contribution >= 0.6 is 12.2 Å². The molecule has 0 radical (unpaired) electrons. The number of hydrogen-bond donors (Lipinski definition) is 0. The van der Waals surface area contributed by atoms with Crippen LogP contribution in [0.5, 0.6) is 0 Å². The molecule has 154 valence electrons. The van der Waals surface area contributed by atoms with Crippen molar-refractivity contribution in [2.24, 2.45) is 0 Å². The van der Waals surface area contributed by atoms with Crippen LogP contribution in [0.4, 0.5) is 0 Å². The van der Waals surface area contributed by atoms with Crippen molar-refractivity contribution in [3.8, 4) is 0 Å². The molecule has 1 aromatic heterocycles. The predicted octanol–water partition coefficient (Wildman–Crippen LogP) is 3.11. The third kappa shape index (κ3) is 4.00. The van der Waals surface area contributed by atoms with E-state index in [1.54, 1.807) is 27.4 Å². The molecule has 29 heavy (non-hydrogen) atoms. The van der Waals surface area contributed by atoms with Gasteiger partial charge in [-0.2, -0.15) is 9.40 Å². The maximum absolute atomic E-state index is 13.1. The average molecular weight is 432 g/mol. The number of benzene rings is 2. The molecular weight excluding hydrogens is 406 g/mol. The molecule has 0 spiro atoms. The van der Waals surface area contributed by atoms with Crippen molar-refractivity contribution in [2.45, 2.75) is 31.5 Å². The summed E-state index contributed by atoms with van der Waals surface area (Å²) < 4.78 is 32.2. The zero-order valence-corrected chi connectivity index (χ0v) is 18.2. The molecule has 0 unspecified atom stereocenters. The van der Waals surface area contributed by atoms with Crippen molar-refractivity contribution in [1.82, 2.24) is 23.6 Å². The fourth-order valence-corrected chi connectivity index (χ4v) is 5.40. The van der Waals surface area contributed by atoms with Gasteiger partial charge in [0, 0.05) is 32.2 Å². The van der Waals surface area contributed by atoms with E-state index in [0.717, 1.165) is 10.8 Å². The Kier molecular flexibility index (Phi) is 5.56. The summed E-state index contributed by atoms with van der Waals surface area (Å²) in [4.78, 5) is 2.53. The lowest BCUT2D eigenvalue weighted by atomic mass is 10.1. The van der Waals surface area contributed by atoms with Gasteiger partial charge in [0.25, 0.3) is 0 Å². The lowest BCUT2D eigenvalue weighted by Gasteiger charge is -2.33. The maximum atomic E-state index is 13.1. The van der Waals surface area contributed by atoms with Crippen LogP contribution in [0.2, 0.25) is 0 Å². The molecule has 2 aromatic carbocycles. The summed E-state index contributed by atoms with van der Waals surface area (Å²) in [6.07, 6.45) is 1.76. The molecule has 1 fully saturated rings. The van der Waals surface area contributed by atoms with Crippen LogP contribution < -0.4 is 0 Å². The number of nitrogens with zero attached hydrogens (tertiary/aromatic N) is 5. The second kappa shape index (κ2) is 7.98. The zero-order valence-electron chi connectivity index (χ0n) is 16.6. The van der Waals surface area contributed by atoms with Gasteiger partial charge in [0.2, 0.25) is 10.0 Å². The van der Waals surface area contributed by atoms with Crippen molar-refractivity contribution in [3.05, 3.63) is 53.6 Å². The molecule has 2 heterocycles. The lowest BCUT2D eigenvalue weighted by Crippen LogP contribution is -2.48. The van der Waals surface area contributed by atoms with Crippen molar-refractivity contribution in [3.63, 3.8) is 0 Å². The summed E-state index contributed by atoms with van der Waals surface area (Å²) in [7, 11) is -3.51. The molecule has 1 saturated heterocycles. The predicted molar refractivity (Wildman–Crippen MR) is 116 cm³/mol. The molecule has 0 amide bonds. The molecule has 4 rings (SSSR count). The number of piperazine rings is 1. The van der Waals surface area contributed by atoms with Crippen molar-refractivity contribution in [1.29, 1.82) is 0 Å². The van der Waals surface area contributed by atoms with Crippen molar-refractivity contribution >= 4 is 33.0 Å². The summed E-state index contributed by atoms with van der Waals surface area (Å²) in [5, 5.41) is 6.35. The van der Waals surface area contributed by atoms with Gasteiger partial charge in [0.05, 0.1) is 11.6 Å². The molecule has 0 atom stereocenters. The minimum Gasteiger partial charge on any atom is -0.304 e. The standard InChI is InChI=1S/C20H25N5O2S2/c1-16(2)24-14-21-25(20(24)28)15-22-9-11-23(12-10-22)29(26,27)19-8-7-17-5-3-4-6-18(17)13-19/h3-8,13-14,16H,9-12,15H2,1-2H3. The first-order chi connectivity index (χ1) is 13.9. The lowest BCUT2D eigenvalue weighted by molar-refractivity contribution is 0.144. The van der Waals surface area contributed by atoms with Crippen molar-refractivity contribution in [2.75, 3.05) is 26.2 Å². The first kappa shape index (κ1) is 20.2. The highest BCUT2D eigenvalue weighted by Gasteiger charge is 2.28. The fourth-order valence-electron chi connectivity index (χ4n) is 3.58. The number of fused-ring (bicyclic) bond motifs is 1. The molecule has 1 aliphatic heterocycles. The fraction of sp³-hybridized carbons (Fsp3) is 0.400. The Morgan fingerprint density at radius 2 is 1.72 bits per heavy atom. The third-order valence-corrected chi connectivity index (χ3v) is 7.65. The Labute approximate surface area is 176 Å². The van der Waals surface area contributed by atoms with Crippen molar-refractivity contribution < 1.29 is 8.42 Å². The van der Waals surface area contributed by atoms with Gasteiger partial charge in [0.1, 0.15) is 6.33 Å². The molecule has 0 saturated carbocycles. The summed E-state index contributed by atoms with van der Waals surface area (Å²) in [5.41, 5.74) is 0. The Hall–Kier alpha value is -2.07. The molecule has 0 aliphatic carbocycles. The highest BCUT2D eigenvalue weighted by molar-refractivity contribution is 7.89. The summed E-state index contributed by atoms with van der Waals surface area (Å²) in [6, 6.07) is 13.4. The van der Waals surface area contributed by atoms with Crippen LogP contribution in [0.3, 0.4) is 0 Å². The number of hydrogen-bond acceptors (Lipinski definition) is 5. The molecule has 9 heteroatoms. The Morgan fingerprint density at radius 1 is 1.03 bits per heavy atom. The average Bonchev–Trinajstić information content (AvgIpc) is 3.08. The topological polar surface area (TPSA) is 63.4 Å². The third-order valence-electron chi connectivity index (χ3n) is 5.34. The number of aromatic nitrogens is 3. The second-order valence-corrected chi connectivity index (χ2v) is 9.89. The highest BCUT2D eigenvalue weighted by Crippen LogP contribution is 2.23. The largest absolute Gasteiger partial charge is 0.304 e. The van der Waals surface area contributed by atoms with E-state index >= 15 is 0 Å². The first-order valence-electron chi connectivity index (χ1n) is 9.71. The van der Waals surface area contributed by atoms with Gasteiger partial charge in [-0.15, -0.1) is 0 Å². The summed E-state index contributed by atoms with van der Waals surface area (Å²) in [5.74, 6) is 0. The smallest absolute Gasteiger partial charge is 0.243 e. The van der Waals surface area contributed by atoms with Gasteiger partial charge < -0.3 is 4.57 Å². The second-order valence-electron chi connectivity index (χ2n) is 7.59. The van der Waals surface area contributed by atoms with E-state index in [-0.39, 0.29) is 6.04 Å². The number of sulfonamides is 1. The van der Waals surface area contributed by atoms with Crippen LogP contribution in [0.25, 0.3) is 10.8 Å². The molecule has 3 aromatic rings. The Balaban J connectivity index is 1.45. The Morgan fingerprint density at radius 3 is 2.38 bits per heavy atom. The van der Waals surface area contributed by atoms with E-state index in [2.05, 4.69) is 23.8 Å². The van der Waals surface area contributed by atoms with Crippen LogP contribution in [0.15, 0.2) is 53.7 Å². The molecule has 7 nitrogen and oxygen atoms in total. The van der Waals surface area contributed by atoms with Gasteiger partial charge in [-0.3, -0.25) is 4.90 Å². The quantitative estimate of drug-likeness (QED) is 0.581. The monoisotopic (exact) mass is 431 g/mol. The number of rotatable bonds is 5. The SMILES string of the molecule is CC(C)n1cnn(CN2CCN(S(=O)(=O)c3ccc4ccccc4c3)CC2)c1=S. The van der Waals surface area contributed by atoms with E-state index in [0.29, 0.717) is 42.5 Å². The first-order valence-corrected chi connectivity index (χ1v) is 11.6. The minimum atomic E-state index is -3.51. The van der Waals surface area contributed by atoms with Crippen LogP contribution in [0, 0.1) is 4.77 Å². The van der Waals surface area contributed by atoms with E-state index in [1.807, 2.05) is 34.9 Å². The minimum absolute atomic E-state index is 0.264. The molecular formula is C20H25N5O2S2. The van der Waals surface area contributed by atoms with Gasteiger partial charge >= 0.3 is 0 Å². The highest BCUT2D eigenvalue weighted by atomic mass is 32.2. The van der Waals surface area contributed by atoms with E-state index < -0.39 is 10.0 Å². The summed E-state index contributed by atoms with van der Waals surface area (Å²) >= 11 is 5.49. The normalized spacial score (nSPS) is 16.7. The molecule has 0 bridgehead atoms. The van der Waals surface area contributed by atoms with E-state index in [9.17, 15) is 8.42 Å². The van der Waals surface area contributed by atoms with Crippen LogP contribution in [-0.2, 0) is 16.7 Å². The molecule has 1 aliphatic rings. The zero-order chi connectivity index (χ0) is 20.6.